The summed E-state index contributed by atoms with van der Waals surface area (Å²) in [4.78, 5) is 0. The van der Waals surface area contributed by atoms with E-state index in [1.165, 1.54) is 0 Å². The zero-order valence-electron chi connectivity index (χ0n) is 3.70. The quantitative estimate of drug-likeness (QED) is 0.361. The Bertz CT molecular complexity index is 32.0. The van der Waals surface area contributed by atoms with Crippen LogP contribution in [0.3, 0.4) is 0 Å². The van der Waals surface area contributed by atoms with Gasteiger partial charge in [-0.3, -0.25) is 0 Å². The van der Waals surface area contributed by atoms with Crippen LogP contribution in [0.4, 0.5) is 0 Å². The van der Waals surface area contributed by atoms with Gasteiger partial charge in [-0.2, -0.15) is 0 Å². The third-order valence-corrected chi connectivity index (χ3v) is 0.986. The summed E-state index contributed by atoms with van der Waals surface area (Å²) >= 11 is 2.18. The van der Waals surface area contributed by atoms with Crippen molar-refractivity contribution in [1.29, 1.82) is 0 Å². The predicted octanol–water partition coefficient (Wildman–Crippen LogP) is -0.566. The van der Waals surface area contributed by atoms with Crippen LogP contribution in [-0.4, -0.2) is 18.0 Å². The summed E-state index contributed by atoms with van der Waals surface area (Å²) in [5.41, 5.74) is 0. The Kier molecular flexibility index (Phi) is 4.24. The molecule has 1 unspecified atom stereocenters. The smallest absolute Gasteiger partial charge is 0.0857 e. The molecule has 0 spiro atoms. The summed E-state index contributed by atoms with van der Waals surface area (Å²) in [6.07, 6.45) is 0. The minimum Gasteiger partial charge on any atom is -0.634 e. The highest BCUT2D eigenvalue weighted by molar-refractivity contribution is 14.1. The zero-order valence-corrected chi connectivity index (χ0v) is 5.86. The number of hydrogen-bond donors (Lipinski definition) is 1. The highest BCUT2D eigenvalue weighted by Crippen LogP contribution is 1.70. The largest absolute Gasteiger partial charge is 0.634 e. The minimum atomic E-state index is 0.282. The van der Waals surface area contributed by atoms with E-state index in [1.54, 1.807) is 7.05 Å². The maximum atomic E-state index is 10.0. The zero-order chi connectivity index (χ0) is 4.99. The van der Waals surface area contributed by atoms with Crippen molar-refractivity contribution < 1.29 is 5.06 Å². The first-order valence-corrected chi connectivity index (χ1v) is 3.35. The Labute approximate surface area is 51.2 Å². The summed E-state index contributed by atoms with van der Waals surface area (Å²) in [6, 6.07) is 0. The van der Waals surface area contributed by atoms with Gasteiger partial charge in [-0.25, -0.2) is 0 Å². The molecule has 1 atom stereocenters. The molecule has 2 nitrogen and oxygen atoms in total. The molecule has 0 amide bonds. The van der Waals surface area contributed by atoms with Crippen LogP contribution >= 0.6 is 22.6 Å². The molecule has 0 aromatic carbocycles. The predicted molar refractivity (Wildman–Crippen MR) is 34.0 cm³/mol. The number of nitrogens with one attached hydrogen (secondary N) is 1. The van der Waals surface area contributed by atoms with E-state index >= 15 is 0 Å². The van der Waals surface area contributed by atoms with Gasteiger partial charge < -0.3 is 10.3 Å². The molecule has 0 aliphatic rings. The van der Waals surface area contributed by atoms with Gasteiger partial charge in [0.25, 0.3) is 0 Å². The minimum absolute atomic E-state index is 0.282. The van der Waals surface area contributed by atoms with Gasteiger partial charge in [-0.05, 0) is 0 Å². The second kappa shape index (κ2) is 3.83. The Morgan fingerprint density at radius 2 is 2.33 bits per heavy atom. The maximum Gasteiger partial charge on any atom is 0.0857 e. The average Bonchev–Trinajstić information content (AvgIpc) is 1.35. The van der Waals surface area contributed by atoms with Crippen molar-refractivity contribution in [3.63, 3.8) is 0 Å². The lowest BCUT2D eigenvalue weighted by Crippen LogP contribution is -3.04. The summed E-state index contributed by atoms with van der Waals surface area (Å²) in [6.45, 7) is 0.723. The van der Waals surface area contributed by atoms with Gasteiger partial charge >= 0.3 is 0 Å². The molecule has 1 N–H and O–H groups in total. The lowest BCUT2D eigenvalue weighted by Gasteiger charge is -2.12. The van der Waals surface area contributed by atoms with Crippen LogP contribution in [0.15, 0.2) is 0 Å². The van der Waals surface area contributed by atoms with E-state index in [-0.39, 0.29) is 5.06 Å². The van der Waals surface area contributed by atoms with E-state index in [9.17, 15) is 5.21 Å². The van der Waals surface area contributed by atoms with Crippen molar-refractivity contribution >= 4 is 22.6 Å². The van der Waals surface area contributed by atoms with E-state index in [4.69, 9.17) is 0 Å². The topological polar surface area (TPSA) is 27.5 Å². The molecule has 0 aromatic heterocycles. The summed E-state index contributed by atoms with van der Waals surface area (Å²) in [5.74, 6) is 0. The molecule has 0 heterocycles. The van der Waals surface area contributed by atoms with E-state index in [0.717, 1.165) is 11.0 Å². The van der Waals surface area contributed by atoms with Gasteiger partial charge in [0.15, 0.2) is 0 Å². The highest BCUT2D eigenvalue weighted by atomic mass is 127. The van der Waals surface area contributed by atoms with Crippen molar-refractivity contribution in [2.45, 2.75) is 0 Å². The third kappa shape index (κ3) is 4.65. The van der Waals surface area contributed by atoms with Crippen LogP contribution in [0, 0.1) is 5.21 Å². The van der Waals surface area contributed by atoms with Crippen LogP contribution in [0.1, 0.15) is 0 Å². The van der Waals surface area contributed by atoms with Gasteiger partial charge in [-0.1, -0.05) is 22.6 Å². The standard InChI is InChI=1S/C3H8INO/c1-5(6)3-2-4/h5H,2-3H2,1H3. The molecule has 0 aromatic rings. The Morgan fingerprint density at radius 3 is 2.33 bits per heavy atom. The number of rotatable bonds is 2. The fraction of sp³-hybridized carbons (Fsp3) is 1.00. The molecular weight excluding hydrogens is 193 g/mol. The first-order valence-electron chi connectivity index (χ1n) is 1.82. The van der Waals surface area contributed by atoms with Crippen LogP contribution in [-0.2, 0) is 0 Å². The van der Waals surface area contributed by atoms with Gasteiger partial charge in [0.1, 0.15) is 0 Å². The molecule has 6 heavy (non-hydrogen) atoms. The molecule has 3 heteroatoms. The van der Waals surface area contributed by atoms with Gasteiger partial charge in [0.2, 0.25) is 0 Å². The summed E-state index contributed by atoms with van der Waals surface area (Å²) < 4.78 is 0.951. The average molecular weight is 201 g/mol. The number of halogens is 1. The fourth-order valence-electron chi connectivity index (χ4n) is 0.133. The van der Waals surface area contributed by atoms with Crippen molar-refractivity contribution in [3.05, 3.63) is 5.21 Å². The normalized spacial score (nSPS) is 14.5. The Hall–Kier alpha value is 0.650. The van der Waals surface area contributed by atoms with Crippen molar-refractivity contribution in [2.75, 3.05) is 18.0 Å². The second-order valence-corrected chi connectivity index (χ2v) is 2.22. The second-order valence-electron chi connectivity index (χ2n) is 1.14. The molecule has 0 aliphatic carbocycles. The Morgan fingerprint density at radius 1 is 1.83 bits per heavy atom. The van der Waals surface area contributed by atoms with E-state index < -0.39 is 0 Å². The molecule has 38 valence electrons. The lowest BCUT2D eigenvalue weighted by atomic mass is 10.8. The summed E-state index contributed by atoms with van der Waals surface area (Å²) in [7, 11) is 1.61. The first-order chi connectivity index (χ1) is 2.77. The molecule has 0 radical (unpaired) electrons. The molecule has 0 saturated carbocycles. The van der Waals surface area contributed by atoms with Crippen LogP contribution in [0.2, 0.25) is 0 Å². The first kappa shape index (κ1) is 6.65. The van der Waals surface area contributed by atoms with E-state index in [0.29, 0.717) is 0 Å². The maximum absolute atomic E-state index is 10.0. The van der Waals surface area contributed by atoms with Crippen molar-refractivity contribution in [3.8, 4) is 0 Å². The van der Waals surface area contributed by atoms with Gasteiger partial charge in [0, 0.05) is 4.43 Å². The van der Waals surface area contributed by atoms with Gasteiger partial charge in [0.05, 0.1) is 13.6 Å². The van der Waals surface area contributed by atoms with Gasteiger partial charge in [-0.15, -0.1) is 0 Å². The number of quaternary nitrogens is 1. The van der Waals surface area contributed by atoms with Crippen LogP contribution in [0.25, 0.3) is 0 Å². The molecule has 0 bridgehead atoms. The van der Waals surface area contributed by atoms with Crippen molar-refractivity contribution in [2.24, 2.45) is 0 Å². The number of hydrogen-bond acceptors (Lipinski definition) is 1. The third-order valence-electron chi connectivity index (χ3n) is 0.447. The summed E-state index contributed by atoms with van der Waals surface area (Å²) in [5, 5.41) is 10.3. The number of alkyl halides is 1. The lowest BCUT2D eigenvalue weighted by molar-refractivity contribution is -0.822. The SMILES string of the molecule is C[NH+]([O-])CCI. The van der Waals surface area contributed by atoms with E-state index in [2.05, 4.69) is 22.6 Å². The monoisotopic (exact) mass is 201 g/mol. The van der Waals surface area contributed by atoms with Crippen LogP contribution in [0.5, 0.6) is 0 Å². The molecule has 0 rings (SSSR count). The fourth-order valence-corrected chi connectivity index (χ4v) is 0.893. The highest BCUT2D eigenvalue weighted by Gasteiger charge is 1.78. The van der Waals surface area contributed by atoms with E-state index in [1.807, 2.05) is 0 Å². The number of hydroxylamine groups is 2. The molecule has 0 aliphatic heterocycles. The molecular formula is C3H8INO. The van der Waals surface area contributed by atoms with Crippen LogP contribution < -0.4 is 5.06 Å². The van der Waals surface area contributed by atoms with Crippen molar-refractivity contribution in [1.82, 2.24) is 0 Å². The molecule has 0 fully saturated rings. The molecule has 0 saturated heterocycles. The Balaban J connectivity index is 2.63.